The Morgan fingerprint density at radius 2 is 1.38 bits per heavy atom. The third-order valence-corrected chi connectivity index (χ3v) is 6.44. The number of aryl methyl sites for hydroxylation is 1. The van der Waals surface area contributed by atoms with Crippen LogP contribution in [0.4, 0.5) is 0 Å². The first-order chi connectivity index (χ1) is 14.0. The van der Waals surface area contributed by atoms with Crippen LogP contribution >= 0.6 is 0 Å². The molecule has 3 rings (SSSR count). The quantitative estimate of drug-likeness (QED) is 0.489. The summed E-state index contributed by atoms with van der Waals surface area (Å²) in [4.78, 5) is 0.283. The van der Waals surface area contributed by atoms with Crippen LogP contribution in [0.5, 0.6) is 5.75 Å². The summed E-state index contributed by atoms with van der Waals surface area (Å²) in [6.45, 7) is 5.15. The van der Waals surface area contributed by atoms with E-state index in [4.69, 9.17) is 4.74 Å². The summed E-state index contributed by atoms with van der Waals surface area (Å²) in [6.07, 6.45) is 0.904. The fourth-order valence-corrected chi connectivity index (χ4v) is 4.61. The minimum Gasteiger partial charge on any atom is -0.493 e. The summed E-state index contributed by atoms with van der Waals surface area (Å²) in [6, 6.07) is 24.4. The van der Waals surface area contributed by atoms with Gasteiger partial charge in [-0.25, -0.2) is 8.42 Å². The summed E-state index contributed by atoms with van der Waals surface area (Å²) in [7, 11) is -3.68. The van der Waals surface area contributed by atoms with Gasteiger partial charge in [-0.1, -0.05) is 67.6 Å². The van der Waals surface area contributed by atoms with Gasteiger partial charge in [0.1, 0.15) is 5.75 Å². The van der Waals surface area contributed by atoms with Gasteiger partial charge in [-0.2, -0.15) is 4.31 Å². The molecule has 152 valence electrons. The maximum absolute atomic E-state index is 13.5. The van der Waals surface area contributed by atoms with Crippen LogP contribution in [-0.4, -0.2) is 19.3 Å². The summed E-state index contributed by atoms with van der Waals surface area (Å²) < 4.78 is 34.2. The molecule has 0 N–H and O–H groups in total. The van der Waals surface area contributed by atoms with Gasteiger partial charge in [-0.05, 0) is 48.2 Å². The third-order valence-electron chi connectivity index (χ3n) is 4.65. The molecule has 0 aliphatic heterocycles. The molecule has 0 aliphatic carbocycles. The molecule has 0 spiro atoms. The van der Waals surface area contributed by atoms with Crippen molar-refractivity contribution < 1.29 is 13.2 Å². The molecule has 0 aliphatic rings. The van der Waals surface area contributed by atoms with Gasteiger partial charge in [-0.15, -0.1) is 0 Å². The highest BCUT2D eigenvalue weighted by atomic mass is 32.2. The molecule has 0 heterocycles. The Kier molecular flexibility index (Phi) is 7.07. The number of benzene rings is 3. The summed E-state index contributed by atoms with van der Waals surface area (Å²) in [5.41, 5.74) is 2.72. The van der Waals surface area contributed by atoms with Crippen LogP contribution in [0.1, 0.15) is 30.0 Å². The van der Waals surface area contributed by atoms with Crippen molar-refractivity contribution in [3.63, 3.8) is 0 Å². The lowest BCUT2D eigenvalue weighted by Crippen LogP contribution is -2.30. The lowest BCUT2D eigenvalue weighted by molar-refractivity contribution is 0.315. The third kappa shape index (κ3) is 5.46. The molecule has 0 aromatic heterocycles. The van der Waals surface area contributed by atoms with Crippen molar-refractivity contribution in [3.8, 4) is 5.75 Å². The van der Waals surface area contributed by atoms with Crippen LogP contribution < -0.4 is 4.74 Å². The monoisotopic (exact) mass is 409 g/mol. The van der Waals surface area contributed by atoms with Crippen molar-refractivity contribution >= 4 is 10.0 Å². The van der Waals surface area contributed by atoms with Crippen LogP contribution in [0.15, 0.2) is 83.8 Å². The van der Waals surface area contributed by atoms with E-state index in [0.717, 1.165) is 28.9 Å². The Bertz CT molecular complexity index is 977. The molecular weight excluding hydrogens is 382 g/mol. The first kappa shape index (κ1) is 21.1. The van der Waals surface area contributed by atoms with E-state index < -0.39 is 10.0 Å². The maximum atomic E-state index is 13.5. The normalized spacial score (nSPS) is 11.6. The lowest BCUT2D eigenvalue weighted by atomic mass is 10.2. The molecule has 3 aromatic rings. The van der Waals surface area contributed by atoms with E-state index in [2.05, 4.69) is 0 Å². The molecule has 0 saturated carbocycles. The zero-order valence-electron chi connectivity index (χ0n) is 16.9. The van der Waals surface area contributed by atoms with E-state index in [1.54, 1.807) is 18.2 Å². The van der Waals surface area contributed by atoms with Crippen LogP contribution in [0.3, 0.4) is 0 Å². The molecule has 0 amide bonds. The van der Waals surface area contributed by atoms with Gasteiger partial charge < -0.3 is 4.74 Å². The Hall–Kier alpha value is -2.63. The fourth-order valence-electron chi connectivity index (χ4n) is 3.11. The SMILES string of the molecule is CCCOc1ccc(S(=O)(=O)N(Cc2ccccc2)Cc2ccccc2)cc1C. The Balaban J connectivity index is 1.93. The topological polar surface area (TPSA) is 46.6 Å². The average Bonchev–Trinajstić information content (AvgIpc) is 2.74. The molecule has 0 atom stereocenters. The highest BCUT2D eigenvalue weighted by Gasteiger charge is 2.25. The smallest absolute Gasteiger partial charge is 0.243 e. The maximum Gasteiger partial charge on any atom is 0.243 e. The molecule has 0 unspecified atom stereocenters. The fraction of sp³-hybridized carbons (Fsp3) is 0.250. The zero-order valence-corrected chi connectivity index (χ0v) is 17.7. The predicted octanol–water partition coefficient (Wildman–Crippen LogP) is 5.17. The molecule has 5 heteroatoms. The Labute approximate surface area is 173 Å². The van der Waals surface area contributed by atoms with Gasteiger partial charge in [0.15, 0.2) is 0 Å². The second kappa shape index (κ2) is 9.72. The standard InChI is InChI=1S/C24H27NO3S/c1-3-16-28-24-15-14-23(17-20(24)2)29(26,27)25(18-21-10-6-4-7-11-21)19-22-12-8-5-9-13-22/h4-15,17H,3,16,18-19H2,1-2H3. The Morgan fingerprint density at radius 3 is 1.86 bits per heavy atom. The number of nitrogens with zero attached hydrogens (tertiary/aromatic N) is 1. The highest BCUT2D eigenvalue weighted by molar-refractivity contribution is 7.89. The van der Waals surface area contributed by atoms with Crippen LogP contribution in [0.2, 0.25) is 0 Å². The van der Waals surface area contributed by atoms with Crippen molar-refractivity contribution in [1.82, 2.24) is 4.31 Å². The van der Waals surface area contributed by atoms with Crippen LogP contribution in [0.25, 0.3) is 0 Å². The summed E-state index contributed by atoms with van der Waals surface area (Å²) in [5.74, 6) is 0.725. The first-order valence-electron chi connectivity index (χ1n) is 9.82. The van der Waals surface area contributed by atoms with Gasteiger partial charge in [-0.3, -0.25) is 0 Å². The minimum absolute atomic E-state index is 0.283. The molecule has 0 saturated heterocycles. The van der Waals surface area contributed by atoms with Crippen molar-refractivity contribution in [1.29, 1.82) is 0 Å². The van der Waals surface area contributed by atoms with Gasteiger partial charge in [0.25, 0.3) is 0 Å². The van der Waals surface area contributed by atoms with E-state index in [0.29, 0.717) is 19.7 Å². The minimum atomic E-state index is -3.68. The second-order valence-electron chi connectivity index (χ2n) is 7.02. The molecule has 3 aromatic carbocycles. The Morgan fingerprint density at radius 1 is 0.828 bits per heavy atom. The molecule has 0 fully saturated rings. The van der Waals surface area contributed by atoms with Crippen LogP contribution in [0, 0.1) is 6.92 Å². The number of sulfonamides is 1. The van der Waals surface area contributed by atoms with Gasteiger partial charge in [0.05, 0.1) is 11.5 Å². The molecule has 29 heavy (non-hydrogen) atoms. The zero-order chi connectivity index (χ0) is 20.7. The molecule has 0 bridgehead atoms. The lowest BCUT2D eigenvalue weighted by Gasteiger charge is -2.23. The number of hydrogen-bond donors (Lipinski definition) is 0. The van der Waals surface area contributed by atoms with E-state index in [1.807, 2.05) is 74.5 Å². The molecular formula is C24H27NO3S. The summed E-state index contributed by atoms with van der Waals surface area (Å²) in [5, 5.41) is 0. The predicted molar refractivity (Wildman–Crippen MR) is 116 cm³/mol. The molecule has 0 radical (unpaired) electrons. The highest BCUT2D eigenvalue weighted by Crippen LogP contribution is 2.26. The summed E-state index contributed by atoms with van der Waals surface area (Å²) >= 11 is 0. The molecule has 4 nitrogen and oxygen atoms in total. The average molecular weight is 410 g/mol. The largest absolute Gasteiger partial charge is 0.493 e. The van der Waals surface area contributed by atoms with Crippen molar-refractivity contribution in [3.05, 3.63) is 95.6 Å². The van der Waals surface area contributed by atoms with Crippen molar-refractivity contribution in [2.75, 3.05) is 6.61 Å². The number of rotatable bonds is 9. The van der Waals surface area contributed by atoms with Gasteiger partial charge in [0.2, 0.25) is 10.0 Å². The van der Waals surface area contributed by atoms with Gasteiger partial charge in [0, 0.05) is 13.1 Å². The van der Waals surface area contributed by atoms with E-state index >= 15 is 0 Å². The van der Waals surface area contributed by atoms with Crippen molar-refractivity contribution in [2.45, 2.75) is 38.3 Å². The van der Waals surface area contributed by atoms with Gasteiger partial charge >= 0.3 is 0 Å². The number of hydrogen-bond acceptors (Lipinski definition) is 3. The van der Waals surface area contributed by atoms with E-state index in [1.165, 1.54) is 4.31 Å². The van der Waals surface area contributed by atoms with E-state index in [-0.39, 0.29) is 4.90 Å². The van der Waals surface area contributed by atoms with Crippen LogP contribution in [-0.2, 0) is 23.1 Å². The number of ether oxygens (including phenoxy) is 1. The van der Waals surface area contributed by atoms with E-state index in [9.17, 15) is 8.42 Å². The van der Waals surface area contributed by atoms with Crippen molar-refractivity contribution in [2.24, 2.45) is 0 Å². The first-order valence-corrected chi connectivity index (χ1v) is 11.3. The second-order valence-corrected chi connectivity index (χ2v) is 8.96.